The summed E-state index contributed by atoms with van der Waals surface area (Å²) in [6, 6.07) is 10.4. The second-order valence-corrected chi connectivity index (χ2v) is 6.48. The number of hydrogen-bond donors (Lipinski definition) is 2. The summed E-state index contributed by atoms with van der Waals surface area (Å²) in [5, 5.41) is 6.64. The van der Waals surface area contributed by atoms with E-state index < -0.39 is 0 Å². The van der Waals surface area contributed by atoms with E-state index in [0.717, 1.165) is 30.5 Å². The Hall–Kier alpha value is -1.53. The molecule has 1 aromatic carbocycles. The molecule has 2 rings (SSSR count). The average Bonchev–Trinajstić information content (AvgIpc) is 2.93. The topological polar surface area (TPSA) is 49.3 Å². The SMILES string of the molecule is CN=C(NCCSc1ccccc1)NCc1scnc1C. The minimum absolute atomic E-state index is 0.766. The molecule has 0 unspecified atom stereocenters. The Kier molecular flexibility index (Phi) is 6.56. The molecule has 0 saturated heterocycles. The lowest BCUT2D eigenvalue weighted by atomic mass is 10.4. The Morgan fingerprint density at radius 3 is 2.76 bits per heavy atom. The van der Waals surface area contributed by atoms with Gasteiger partial charge in [-0.05, 0) is 19.1 Å². The number of hydrogen-bond acceptors (Lipinski definition) is 4. The Morgan fingerprint density at radius 1 is 1.29 bits per heavy atom. The molecule has 1 heterocycles. The highest BCUT2D eigenvalue weighted by Gasteiger charge is 2.03. The molecule has 21 heavy (non-hydrogen) atoms. The van der Waals surface area contributed by atoms with E-state index >= 15 is 0 Å². The van der Waals surface area contributed by atoms with Crippen molar-refractivity contribution in [1.29, 1.82) is 0 Å². The zero-order valence-corrected chi connectivity index (χ0v) is 13.9. The molecule has 2 aromatic rings. The van der Waals surface area contributed by atoms with Gasteiger partial charge in [-0.1, -0.05) is 18.2 Å². The van der Waals surface area contributed by atoms with E-state index in [1.54, 1.807) is 18.4 Å². The summed E-state index contributed by atoms with van der Waals surface area (Å²) in [5.41, 5.74) is 2.96. The van der Waals surface area contributed by atoms with Gasteiger partial charge in [0.15, 0.2) is 5.96 Å². The van der Waals surface area contributed by atoms with Crippen LogP contribution in [0.2, 0.25) is 0 Å². The minimum Gasteiger partial charge on any atom is -0.356 e. The third-order valence-electron chi connectivity index (χ3n) is 2.89. The van der Waals surface area contributed by atoms with E-state index in [2.05, 4.69) is 44.9 Å². The van der Waals surface area contributed by atoms with Gasteiger partial charge in [0.25, 0.3) is 0 Å². The lowest BCUT2D eigenvalue weighted by Gasteiger charge is -2.11. The summed E-state index contributed by atoms with van der Waals surface area (Å²) in [4.78, 5) is 11.0. The molecular formula is C15H20N4S2. The summed E-state index contributed by atoms with van der Waals surface area (Å²) in [5.74, 6) is 1.83. The lowest BCUT2D eigenvalue weighted by molar-refractivity contribution is 0.836. The standard InChI is InChI=1S/C15H20N4S2/c1-12-14(21-11-19-12)10-18-15(16-2)17-8-9-20-13-6-4-3-5-7-13/h3-7,11H,8-10H2,1-2H3,(H2,16,17,18). The van der Waals surface area contributed by atoms with Crippen LogP contribution in [0, 0.1) is 6.92 Å². The fourth-order valence-corrected chi connectivity index (χ4v) is 3.24. The van der Waals surface area contributed by atoms with Crippen LogP contribution in [0.1, 0.15) is 10.6 Å². The van der Waals surface area contributed by atoms with Crippen molar-refractivity contribution in [3.8, 4) is 0 Å². The Balaban J connectivity index is 1.67. The van der Waals surface area contributed by atoms with E-state index in [9.17, 15) is 0 Å². The van der Waals surface area contributed by atoms with Crippen LogP contribution in [0.4, 0.5) is 0 Å². The van der Waals surface area contributed by atoms with Gasteiger partial charge in [-0.3, -0.25) is 4.99 Å². The Labute approximate surface area is 134 Å². The van der Waals surface area contributed by atoms with Gasteiger partial charge in [0.2, 0.25) is 0 Å². The molecule has 2 N–H and O–H groups in total. The van der Waals surface area contributed by atoms with E-state index in [0.29, 0.717) is 0 Å². The van der Waals surface area contributed by atoms with Crippen molar-refractivity contribution in [2.75, 3.05) is 19.3 Å². The molecule has 0 aliphatic carbocycles. The maximum absolute atomic E-state index is 4.24. The first-order chi connectivity index (χ1) is 10.3. The molecular weight excluding hydrogens is 300 g/mol. The highest BCUT2D eigenvalue weighted by molar-refractivity contribution is 7.99. The van der Waals surface area contributed by atoms with Crippen molar-refractivity contribution in [3.05, 3.63) is 46.4 Å². The normalized spacial score (nSPS) is 11.4. The molecule has 1 aromatic heterocycles. The van der Waals surface area contributed by atoms with Crippen molar-refractivity contribution in [1.82, 2.24) is 15.6 Å². The number of aliphatic imine (C=N–C) groups is 1. The highest BCUT2D eigenvalue weighted by Crippen LogP contribution is 2.15. The maximum Gasteiger partial charge on any atom is 0.191 e. The Morgan fingerprint density at radius 2 is 2.10 bits per heavy atom. The van der Waals surface area contributed by atoms with Crippen molar-refractivity contribution in [2.24, 2.45) is 4.99 Å². The minimum atomic E-state index is 0.766. The van der Waals surface area contributed by atoms with Gasteiger partial charge >= 0.3 is 0 Å². The zero-order chi connectivity index (χ0) is 14.9. The van der Waals surface area contributed by atoms with Gasteiger partial charge in [-0.25, -0.2) is 4.98 Å². The predicted octanol–water partition coefficient (Wildman–Crippen LogP) is 2.91. The second-order valence-electron chi connectivity index (χ2n) is 4.38. The number of guanidine groups is 1. The first kappa shape index (κ1) is 15.9. The first-order valence-electron chi connectivity index (χ1n) is 6.81. The molecule has 0 spiro atoms. The van der Waals surface area contributed by atoms with Crippen LogP contribution in [0.5, 0.6) is 0 Å². The summed E-state index contributed by atoms with van der Waals surface area (Å²) < 4.78 is 0. The maximum atomic E-state index is 4.24. The fraction of sp³-hybridized carbons (Fsp3) is 0.333. The molecule has 6 heteroatoms. The smallest absolute Gasteiger partial charge is 0.191 e. The number of thioether (sulfide) groups is 1. The lowest BCUT2D eigenvalue weighted by Crippen LogP contribution is -2.37. The predicted molar refractivity (Wildman–Crippen MR) is 92.2 cm³/mol. The van der Waals surface area contributed by atoms with Gasteiger partial charge in [-0.15, -0.1) is 23.1 Å². The summed E-state index contributed by atoms with van der Waals surface area (Å²) >= 11 is 3.51. The van der Waals surface area contributed by atoms with Gasteiger partial charge < -0.3 is 10.6 Å². The number of nitrogens with zero attached hydrogens (tertiary/aromatic N) is 2. The average molecular weight is 320 g/mol. The molecule has 0 aliphatic heterocycles. The Bertz CT molecular complexity index is 566. The van der Waals surface area contributed by atoms with Crippen LogP contribution in [0.25, 0.3) is 0 Å². The molecule has 0 fully saturated rings. The van der Waals surface area contributed by atoms with Crippen LogP contribution in [0.3, 0.4) is 0 Å². The molecule has 112 valence electrons. The van der Waals surface area contributed by atoms with Gasteiger partial charge in [0, 0.05) is 29.1 Å². The number of benzene rings is 1. The van der Waals surface area contributed by atoms with Crippen LogP contribution in [0.15, 0.2) is 45.7 Å². The van der Waals surface area contributed by atoms with Gasteiger partial charge in [-0.2, -0.15) is 0 Å². The largest absolute Gasteiger partial charge is 0.356 e. The van der Waals surface area contributed by atoms with Crippen LogP contribution < -0.4 is 10.6 Å². The van der Waals surface area contributed by atoms with Gasteiger partial charge in [0.05, 0.1) is 17.7 Å². The molecule has 0 bridgehead atoms. The van der Waals surface area contributed by atoms with E-state index in [4.69, 9.17) is 0 Å². The van der Waals surface area contributed by atoms with E-state index in [-0.39, 0.29) is 0 Å². The van der Waals surface area contributed by atoms with Crippen molar-refractivity contribution >= 4 is 29.1 Å². The molecule has 0 amide bonds. The van der Waals surface area contributed by atoms with Crippen LogP contribution in [-0.2, 0) is 6.54 Å². The van der Waals surface area contributed by atoms with Crippen molar-refractivity contribution in [3.63, 3.8) is 0 Å². The first-order valence-corrected chi connectivity index (χ1v) is 8.67. The number of thiazole rings is 1. The fourth-order valence-electron chi connectivity index (χ4n) is 1.74. The van der Waals surface area contributed by atoms with E-state index in [1.807, 2.05) is 30.3 Å². The number of nitrogens with one attached hydrogen (secondary N) is 2. The summed E-state index contributed by atoms with van der Waals surface area (Å²) in [6.07, 6.45) is 0. The van der Waals surface area contributed by atoms with Crippen LogP contribution >= 0.6 is 23.1 Å². The highest BCUT2D eigenvalue weighted by atomic mass is 32.2. The quantitative estimate of drug-likeness (QED) is 0.372. The molecule has 0 atom stereocenters. The third-order valence-corrected chi connectivity index (χ3v) is 4.84. The number of rotatable bonds is 6. The van der Waals surface area contributed by atoms with Crippen molar-refractivity contribution < 1.29 is 0 Å². The molecule has 0 aliphatic rings. The molecule has 0 saturated carbocycles. The third kappa shape index (κ3) is 5.40. The summed E-state index contributed by atoms with van der Waals surface area (Å²) in [6.45, 7) is 3.67. The number of aromatic nitrogens is 1. The second kappa shape index (κ2) is 8.69. The zero-order valence-electron chi connectivity index (χ0n) is 12.3. The summed E-state index contributed by atoms with van der Waals surface area (Å²) in [7, 11) is 1.79. The van der Waals surface area contributed by atoms with Crippen LogP contribution in [-0.4, -0.2) is 30.3 Å². The molecule has 0 radical (unpaired) electrons. The monoisotopic (exact) mass is 320 g/mol. The number of aryl methyl sites for hydroxylation is 1. The molecule has 4 nitrogen and oxygen atoms in total. The van der Waals surface area contributed by atoms with Gasteiger partial charge in [0.1, 0.15) is 0 Å². The van der Waals surface area contributed by atoms with Crippen molar-refractivity contribution in [2.45, 2.75) is 18.4 Å². The van der Waals surface area contributed by atoms with E-state index in [1.165, 1.54) is 9.77 Å².